The van der Waals surface area contributed by atoms with E-state index in [-0.39, 0.29) is 0 Å². The third kappa shape index (κ3) is 9.39. The van der Waals surface area contributed by atoms with E-state index < -0.39 is 0 Å². The molecule has 0 heteroatoms. The van der Waals surface area contributed by atoms with Crippen LogP contribution in [0.25, 0.3) is 0 Å². The van der Waals surface area contributed by atoms with Gasteiger partial charge in [0, 0.05) is 0 Å². The lowest BCUT2D eigenvalue weighted by Gasteiger charge is -1.98. The lowest BCUT2D eigenvalue weighted by Crippen LogP contribution is -1.83. The Balaban J connectivity index is 0.000000220. The average molecular weight is 296 g/mol. The highest BCUT2D eigenvalue weighted by Gasteiger charge is 1.92. The summed E-state index contributed by atoms with van der Waals surface area (Å²) in [5, 5.41) is 0. The largest absolute Gasteiger partial charge is 0.0807 e. The summed E-state index contributed by atoms with van der Waals surface area (Å²) in [5.74, 6) is 0. The van der Waals surface area contributed by atoms with Gasteiger partial charge >= 0.3 is 0 Å². The van der Waals surface area contributed by atoms with E-state index in [9.17, 15) is 0 Å². The molecule has 0 N–H and O–H groups in total. The Labute approximate surface area is 137 Å². The molecule has 22 heavy (non-hydrogen) atoms. The van der Waals surface area contributed by atoms with Crippen LogP contribution in [0.1, 0.15) is 64.4 Å². The predicted molar refractivity (Wildman–Crippen MR) is 100 cm³/mol. The van der Waals surface area contributed by atoms with Gasteiger partial charge in [0.05, 0.1) is 0 Å². The second-order valence-electron chi connectivity index (χ2n) is 5.85. The number of allylic oxidation sites excluding steroid dienone is 6. The van der Waals surface area contributed by atoms with E-state index in [1.807, 2.05) is 0 Å². The molecule has 0 amide bonds. The molecule has 2 rings (SSSR count). The van der Waals surface area contributed by atoms with Crippen molar-refractivity contribution in [3.05, 3.63) is 71.8 Å². The Bertz CT molecular complexity index is 448. The molecule has 0 radical (unpaired) electrons. The van der Waals surface area contributed by atoms with Gasteiger partial charge in [0.1, 0.15) is 0 Å². The monoisotopic (exact) mass is 296 g/mol. The molecule has 0 atom stereocenters. The first-order valence-electron chi connectivity index (χ1n) is 8.93. The van der Waals surface area contributed by atoms with E-state index in [0.717, 1.165) is 6.42 Å². The fraction of sp³-hybridized carbons (Fsp3) is 0.455. The number of benzene rings is 1. The zero-order valence-electron chi connectivity index (χ0n) is 14.4. The molecule has 0 saturated carbocycles. The molecule has 0 bridgehead atoms. The quantitative estimate of drug-likeness (QED) is 0.473. The minimum Gasteiger partial charge on any atom is -0.0807 e. The van der Waals surface area contributed by atoms with Crippen molar-refractivity contribution in [2.75, 3.05) is 0 Å². The smallest absolute Gasteiger partial charge is 0.0160 e. The summed E-state index contributed by atoms with van der Waals surface area (Å²) in [5.41, 5.74) is 2.97. The normalized spacial score (nSPS) is 13.1. The molecule has 0 nitrogen and oxygen atoms in total. The highest BCUT2D eigenvalue weighted by molar-refractivity contribution is 5.26. The van der Waals surface area contributed by atoms with Gasteiger partial charge in [-0.15, -0.1) is 0 Å². The van der Waals surface area contributed by atoms with Gasteiger partial charge in [0.2, 0.25) is 0 Å². The van der Waals surface area contributed by atoms with Gasteiger partial charge in [-0.2, -0.15) is 0 Å². The number of rotatable bonds is 7. The van der Waals surface area contributed by atoms with E-state index in [1.54, 1.807) is 0 Å². The van der Waals surface area contributed by atoms with Crippen LogP contribution in [0, 0.1) is 0 Å². The third-order valence-corrected chi connectivity index (χ3v) is 3.80. The summed E-state index contributed by atoms with van der Waals surface area (Å²) < 4.78 is 0. The van der Waals surface area contributed by atoms with Crippen molar-refractivity contribution < 1.29 is 0 Å². The summed E-state index contributed by atoms with van der Waals surface area (Å²) in [7, 11) is 0. The van der Waals surface area contributed by atoms with Crippen LogP contribution in [0.4, 0.5) is 0 Å². The van der Waals surface area contributed by atoms with Gasteiger partial charge in [0.15, 0.2) is 0 Å². The highest BCUT2D eigenvalue weighted by atomic mass is 14.0. The van der Waals surface area contributed by atoms with E-state index in [4.69, 9.17) is 0 Å². The fourth-order valence-corrected chi connectivity index (χ4v) is 2.41. The van der Waals surface area contributed by atoms with Gasteiger partial charge in [-0.3, -0.25) is 0 Å². The number of hydrogen-bond acceptors (Lipinski definition) is 0. The Hall–Kier alpha value is -1.56. The average Bonchev–Trinajstić information content (AvgIpc) is 2.84. The molecule has 0 saturated heterocycles. The summed E-state index contributed by atoms with van der Waals surface area (Å²) in [6.07, 6.45) is 21.2. The molecule has 1 aliphatic rings. The Morgan fingerprint density at radius 1 is 0.818 bits per heavy atom. The first-order chi connectivity index (χ1) is 10.9. The van der Waals surface area contributed by atoms with Crippen molar-refractivity contribution >= 4 is 0 Å². The van der Waals surface area contributed by atoms with Gasteiger partial charge in [-0.25, -0.2) is 0 Å². The van der Waals surface area contributed by atoms with Crippen LogP contribution in [0.15, 0.2) is 66.3 Å². The molecule has 0 heterocycles. The van der Waals surface area contributed by atoms with Crippen molar-refractivity contribution in [1.29, 1.82) is 0 Å². The summed E-state index contributed by atoms with van der Waals surface area (Å²) >= 11 is 0. The zero-order chi connectivity index (χ0) is 15.9. The van der Waals surface area contributed by atoms with Crippen molar-refractivity contribution in [2.24, 2.45) is 0 Å². The minimum atomic E-state index is 1.10. The van der Waals surface area contributed by atoms with Gasteiger partial charge in [-0.05, 0) is 37.7 Å². The Morgan fingerprint density at radius 2 is 1.59 bits per heavy atom. The summed E-state index contributed by atoms with van der Waals surface area (Å²) in [6, 6.07) is 10.7. The van der Waals surface area contributed by atoms with E-state index in [1.165, 1.54) is 56.1 Å². The van der Waals surface area contributed by atoms with Crippen LogP contribution >= 0.6 is 0 Å². The van der Waals surface area contributed by atoms with Crippen LogP contribution in [-0.2, 0) is 6.42 Å². The molecule has 1 aromatic carbocycles. The van der Waals surface area contributed by atoms with Gasteiger partial charge in [-0.1, -0.05) is 99.4 Å². The van der Waals surface area contributed by atoms with Crippen LogP contribution in [0.2, 0.25) is 0 Å². The number of hydrogen-bond donors (Lipinski definition) is 0. The maximum Gasteiger partial charge on any atom is -0.0160 e. The number of aryl methyl sites for hydroxylation is 1. The fourth-order valence-electron chi connectivity index (χ4n) is 2.41. The number of unbranched alkanes of at least 4 members (excludes halogenated alkanes) is 3. The van der Waals surface area contributed by atoms with E-state index in [0.29, 0.717) is 0 Å². The van der Waals surface area contributed by atoms with Crippen LogP contribution in [-0.4, -0.2) is 0 Å². The topological polar surface area (TPSA) is 0 Å². The first kappa shape index (κ1) is 18.5. The minimum absolute atomic E-state index is 1.10. The van der Waals surface area contributed by atoms with Crippen LogP contribution in [0.3, 0.4) is 0 Å². The first-order valence-corrected chi connectivity index (χ1v) is 8.93. The van der Waals surface area contributed by atoms with E-state index in [2.05, 4.69) is 74.6 Å². The molecular formula is C22H32. The Morgan fingerprint density at radius 3 is 2.32 bits per heavy atom. The zero-order valence-corrected chi connectivity index (χ0v) is 14.4. The molecule has 0 aromatic heterocycles. The van der Waals surface area contributed by atoms with Crippen molar-refractivity contribution in [3.8, 4) is 0 Å². The standard InChI is InChI=1S/2C11H16/c1-2-3-8-11-9-6-4-5-7-10-11;1-2-3-5-8-11-9-6-4-7-10-11/h4-6,9-10H,2-3,7-8H2,1H3;4,6-7,9-10H,2-3,5,8H2,1H3. The van der Waals surface area contributed by atoms with Gasteiger partial charge in [0.25, 0.3) is 0 Å². The van der Waals surface area contributed by atoms with Crippen LogP contribution < -0.4 is 0 Å². The lowest BCUT2D eigenvalue weighted by molar-refractivity contribution is 0.717. The SMILES string of the molecule is CCCCC1=CCC=CC=C1.CCCCCc1ccccc1. The lowest BCUT2D eigenvalue weighted by atomic mass is 10.1. The van der Waals surface area contributed by atoms with E-state index >= 15 is 0 Å². The molecule has 1 aromatic rings. The predicted octanol–water partition coefficient (Wildman–Crippen LogP) is 7.04. The second-order valence-corrected chi connectivity index (χ2v) is 5.85. The molecule has 0 spiro atoms. The van der Waals surface area contributed by atoms with Crippen molar-refractivity contribution in [2.45, 2.75) is 65.2 Å². The van der Waals surface area contributed by atoms with Gasteiger partial charge < -0.3 is 0 Å². The summed E-state index contributed by atoms with van der Waals surface area (Å²) in [4.78, 5) is 0. The van der Waals surface area contributed by atoms with Crippen molar-refractivity contribution in [3.63, 3.8) is 0 Å². The second kappa shape index (κ2) is 13.1. The maximum absolute atomic E-state index is 2.32. The Kier molecular flexibility index (Phi) is 11.0. The molecule has 120 valence electrons. The summed E-state index contributed by atoms with van der Waals surface area (Å²) in [6.45, 7) is 4.48. The van der Waals surface area contributed by atoms with Crippen LogP contribution in [0.5, 0.6) is 0 Å². The molecule has 0 aliphatic heterocycles. The molecule has 1 aliphatic carbocycles. The van der Waals surface area contributed by atoms with Crippen molar-refractivity contribution in [1.82, 2.24) is 0 Å². The maximum atomic E-state index is 2.32. The highest BCUT2D eigenvalue weighted by Crippen LogP contribution is 2.12. The third-order valence-electron chi connectivity index (χ3n) is 3.80. The molecule has 0 unspecified atom stereocenters. The molecule has 0 fully saturated rings. The molecular weight excluding hydrogens is 264 g/mol.